The Bertz CT molecular complexity index is 205. The van der Waals surface area contributed by atoms with Gasteiger partial charge in [0.05, 0.1) is 0 Å². The second-order valence-corrected chi connectivity index (χ2v) is 2.80. The summed E-state index contributed by atoms with van der Waals surface area (Å²) in [6.45, 7) is 1.51. The third-order valence-electron chi connectivity index (χ3n) is 1.80. The van der Waals surface area contributed by atoms with E-state index in [4.69, 9.17) is 5.11 Å². The van der Waals surface area contributed by atoms with Gasteiger partial charge in [-0.25, -0.2) is 0 Å². The molecule has 0 aromatic rings. The van der Waals surface area contributed by atoms with Crippen molar-refractivity contribution in [1.29, 1.82) is 0 Å². The topological polar surface area (TPSA) is 78.4 Å². The standard InChI is InChI=1S/C7H12N2O3/c1-4-6(11)9-5(2-3-10)7(12)8-4/h4-5,10H,2-3H2,1H3,(H,8,12)(H,9,11). The summed E-state index contributed by atoms with van der Waals surface area (Å²) in [5.41, 5.74) is 0. The SMILES string of the molecule is CC1NC(=O)C(CCO)NC1=O. The molecule has 68 valence electrons. The van der Waals surface area contributed by atoms with Gasteiger partial charge in [-0.1, -0.05) is 0 Å². The molecule has 5 heteroatoms. The molecule has 12 heavy (non-hydrogen) atoms. The van der Waals surface area contributed by atoms with Crippen molar-refractivity contribution in [3.05, 3.63) is 0 Å². The highest BCUT2D eigenvalue weighted by Crippen LogP contribution is 1.99. The van der Waals surface area contributed by atoms with Crippen LogP contribution >= 0.6 is 0 Å². The number of hydrogen-bond acceptors (Lipinski definition) is 3. The average molecular weight is 172 g/mol. The molecule has 0 bridgehead atoms. The van der Waals surface area contributed by atoms with Crippen molar-refractivity contribution in [1.82, 2.24) is 10.6 Å². The minimum atomic E-state index is -0.571. The summed E-state index contributed by atoms with van der Waals surface area (Å²) in [5, 5.41) is 13.6. The maximum Gasteiger partial charge on any atom is 0.243 e. The van der Waals surface area contributed by atoms with Crippen LogP contribution in [0.3, 0.4) is 0 Å². The highest BCUT2D eigenvalue weighted by Gasteiger charge is 2.29. The molecule has 0 aromatic heterocycles. The second-order valence-electron chi connectivity index (χ2n) is 2.80. The summed E-state index contributed by atoms with van der Waals surface area (Å²) in [4.78, 5) is 22.1. The van der Waals surface area contributed by atoms with Crippen LogP contribution < -0.4 is 10.6 Å². The van der Waals surface area contributed by atoms with Crippen LogP contribution in [0.15, 0.2) is 0 Å². The first-order valence-electron chi connectivity index (χ1n) is 3.86. The lowest BCUT2D eigenvalue weighted by atomic mass is 10.1. The Morgan fingerprint density at radius 1 is 1.33 bits per heavy atom. The molecular formula is C7H12N2O3. The maximum atomic E-state index is 11.1. The van der Waals surface area contributed by atoms with E-state index >= 15 is 0 Å². The average Bonchev–Trinajstić information content (AvgIpc) is 2.01. The minimum Gasteiger partial charge on any atom is -0.396 e. The van der Waals surface area contributed by atoms with Gasteiger partial charge in [0.2, 0.25) is 11.8 Å². The second kappa shape index (κ2) is 3.53. The molecule has 0 saturated carbocycles. The predicted molar refractivity (Wildman–Crippen MR) is 41.2 cm³/mol. The lowest BCUT2D eigenvalue weighted by Gasteiger charge is -2.26. The lowest BCUT2D eigenvalue weighted by Crippen LogP contribution is -2.60. The zero-order valence-corrected chi connectivity index (χ0v) is 6.83. The number of nitrogens with one attached hydrogen (secondary N) is 2. The fourth-order valence-electron chi connectivity index (χ4n) is 1.07. The van der Waals surface area contributed by atoms with Crippen LogP contribution in [-0.4, -0.2) is 35.6 Å². The number of carbonyl (C=O) groups excluding carboxylic acids is 2. The predicted octanol–water partition coefficient (Wildman–Crippen LogP) is -1.63. The zero-order valence-electron chi connectivity index (χ0n) is 6.83. The number of hydrogen-bond donors (Lipinski definition) is 3. The van der Waals surface area contributed by atoms with E-state index in [9.17, 15) is 9.59 Å². The maximum absolute atomic E-state index is 11.1. The summed E-state index contributed by atoms with van der Waals surface area (Å²) in [7, 11) is 0. The first-order chi connectivity index (χ1) is 5.65. The molecule has 2 unspecified atom stereocenters. The quantitative estimate of drug-likeness (QED) is 0.468. The molecule has 3 N–H and O–H groups in total. The van der Waals surface area contributed by atoms with Gasteiger partial charge in [0.15, 0.2) is 0 Å². The van der Waals surface area contributed by atoms with Crippen molar-refractivity contribution < 1.29 is 14.7 Å². The van der Waals surface area contributed by atoms with Crippen molar-refractivity contribution in [2.24, 2.45) is 0 Å². The van der Waals surface area contributed by atoms with Gasteiger partial charge in [-0.2, -0.15) is 0 Å². The van der Waals surface area contributed by atoms with E-state index in [1.54, 1.807) is 6.92 Å². The summed E-state index contributed by atoms with van der Waals surface area (Å²) in [6, 6.07) is -1.04. The molecule has 0 aliphatic carbocycles. The molecule has 1 aliphatic rings. The highest BCUT2D eigenvalue weighted by molar-refractivity contribution is 5.96. The van der Waals surface area contributed by atoms with Crippen LogP contribution in [0.1, 0.15) is 13.3 Å². The van der Waals surface area contributed by atoms with Crippen LogP contribution in [0.2, 0.25) is 0 Å². The van der Waals surface area contributed by atoms with E-state index in [-0.39, 0.29) is 24.8 Å². The van der Waals surface area contributed by atoms with Gasteiger partial charge < -0.3 is 15.7 Å². The molecule has 1 aliphatic heterocycles. The number of amides is 2. The fourth-order valence-corrected chi connectivity index (χ4v) is 1.07. The monoisotopic (exact) mass is 172 g/mol. The molecule has 2 amide bonds. The Morgan fingerprint density at radius 2 is 2.00 bits per heavy atom. The molecule has 0 aromatic carbocycles. The summed E-state index contributed by atoms with van der Waals surface area (Å²) in [5.74, 6) is -0.427. The van der Waals surface area contributed by atoms with Crippen molar-refractivity contribution >= 4 is 11.8 Å². The van der Waals surface area contributed by atoms with E-state index in [1.807, 2.05) is 0 Å². The third kappa shape index (κ3) is 1.73. The Labute approximate surface area is 70.1 Å². The minimum absolute atomic E-state index is 0.104. The molecule has 5 nitrogen and oxygen atoms in total. The largest absolute Gasteiger partial charge is 0.396 e. The number of carbonyl (C=O) groups is 2. The highest BCUT2D eigenvalue weighted by atomic mass is 16.3. The number of piperazine rings is 1. The first-order valence-corrected chi connectivity index (χ1v) is 3.86. The van der Waals surface area contributed by atoms with E-state index in [0.29, 0.717) is 0 Å². The Kier molecular flexibility index (Phi) is 2.65. The molecule has 1 heterocycles. The van der Waals surface area contributed by atoms with Crippen LogP contribution in [0.5, 0.6) is 0 Å². The molecular weight excluding hydrogens is 160 g/mol. The van der Waals surface area contributed by atoms with Gasteiger partial charge >= 0.3 is 0 Å². The molecule has 1 fully saturated rings. The molecule has 0 spiro atoms. The number of aliphatic hydroxyl groups excluding tert-OH is 1. The van der Waals surface area contributed by atoms with Crippen molar-refractivity contribution in [3.8, 4) is 0 Å². The van der Waals surface area contributed by atoms with Crippen LogP contribution in [0.25, 0.3) is 0 Å². The summed E-state index contributed by atoms with van der Waals surface area (Å²) in [6.07, 6.45) is 0.268. The Morgan fingerprint density at radius 3 is 2.58 bits per heavy atom. The normalized spacial score (nSPS) is 29.5. The Balaban J connectivity index is 2.55. The van der Waals surface area contributed by atoms with Gasteiger partial charge in [0, 0.05) is 6.61 Å². The molecule has 1 saturated heterocycles. The van der Waals surface area contributed by atoms with Gasteiger partial charge in [-0.15, -0.1) is 0 Å². The third-order valence-corrected chi connectivity index (χ3v) is 1.80. The summed E-state index contributed by atoms with van der Waals surface area (Å²) >= 11 is 0. The van der Waals surface area contributed by atoms with E-state index in [1.165, 1.54) is 0 Å². The van der Waals surface area contributed by atoms with Crippen molar-refractivity contribution in [2.45, 2.75) is 25.4 Å². The smallest absolute Gasteiger partial charge is 0.243 e. The van der Waals surface area contributed by atoms with Gasteiger partial charge in [0.1, 0.15) is 12.1 Å². The first kappa shape index (κ1) is 8.99. The van der Waals surface area contributed by atoms with E-state index < -0.39 is 12.1 Å². The number of rotatable bonds is 2. The fraction of sp³-hybridized carbons (Fsp3) is 0.714. The van der Waals surface area contributed by atoms with Crippen LogP contribution in [-0.2, 0) is 9.59 Å². The summed E-state index contributed by atoms with van der Waals surface area (Å²) < 4.78 is 0. The Hall–Kier alpha value is -1.10. The van der Waals surface area contributed by atoms with Crippen molar-refractivity contribution in [2.75, 3.05) is 6.61 Å². The van der Waals surface area contributed by atoms with Gasteiger partial charge in [0.25, 0.3) is 0 Å². The number of aliphatic hydroxyl groups is 1. The molecule has 1 rings (SSSR count). The zero-order chi connectivity index (χ0) is 9.14. The molecule has 2 atom stereocenters. The van der Waals surface area contributed by atoms with Crippen molar-refractivity contribution in [3.63, 3.8) is 0 Å². The van der Waals surface area contributed by atoms with Crippen LogP contribution in [0.4, 0.5) is 0 Å². The van der Waals surface area contributed by atoms with Crippen LogP contribution in [0, 0.1) is 0 Å². The van der Waals surface area contributed by atoms with Gasteiger partial charge in [-0.3, -0.25) is 9.59 Å². The van der Waals surface area contributed by atoms with Gasteiger partial charge in [-0.05, 0) is 13.3 Å². The molecule has 0 radical (unpaired) electrons. The van der Waals surface area contributed by atoms with E-state index in [2.05, 4.69) is 10.6 Å². The van der Waals surface area contributed by atoms with E-state index in [0.717, 1.165) is 0 Å². The lowest BCUT2D eigenvalue weighted by molar-refractivity contribution is -0.136.